The van der Waals surface area contributed by atoms with E-state index in [2.05, 4.69) is 28.8 Å². The number of aromatic nitrogens is 3. The van der Waals surface area contributed by atoms with Crippen LogP contribution in [0.25, 0.3) is 0 Å². The molecule has 2 N–H and O–H groups in total. The lowest BCUT2D eigenvalue weighted by Gasteiger charge is -2.25. The van der Waals surface area contributed by atoms with Gasteiger partial charge in [0.25, 0.3) is 0 Å². The van der Waals surface area contributed by atoms with Crippen LogP contribution in [-0.2, 0) is 0 Å². The monoisotopic (exact) mass is 237 g/mol. The summed E-state index contributed by atoms with van der Waals surface area (Å²) in [6, 6.07) is 0.351. The van der Waals surface area contributed by atoms with E-state index in [9.17, 15) is 0 Å². The number of anilines is 2. The summed E-state index contributed by atoms with van der Waals surface area (Å²) in [6.07, 6.45) is 3.62. The lowest BCUT2D eigenvalue weighted by molar-refractivity contribution is 0.108. The molecule has 17 heavy (non-hydrogen) atoms. The van der Waals surface area contributed by atoms with Crippen LogP contribution in [0.15, 0.2) is 0 Å². The molecule has 0 atom stereocenters. The highest BCUT2D eigenvalue weighted by Gasteiger charge is 2.21. The van der Waals surface area contributed by atoms with Crippen LogP contribution in [0.1, 0.15) is 33.1 Å². The molecular formula is C11H19N5O. The van der Waals surface area contributed by atoms with E-state index in [4.69, 9.17) is 10.5 Å². The molecule has 0 aromatic carbocycles. The molecule has 0 spiro atoms. The van der Waals surface area contributed by atoms with Crippen molar-refractivity contribution in [1.29, 1.82) is 0 Å². The molecule has 0 bridgehead atoms. The summed E-state index contributed by atoms with van der Waals surface area (Å²) in [6.45, 7) is 5.78. The quantitative estimate of drug-likeness (QED) is 0.830. The summed E-state index contributed by atoms with van der Waals surface area (Å²) >= 11 is 0. The summed E-state index contributed by atoms with van der Waals surface area (Å²) in [4.78, 5) is 14.5. The molecule has 6 nitrogen and oxygen atoms in total. The molecule has 2 rings (SSSR count). The first-order chi connectivity index (χ1) is 8.22. The fourth-order valence-corrected chi connectivity index (χ4v) is 1.70. The van der Waals surface area contributed by atoms with Gasteiger partial charge in [0, 0.05) is 13.1 Å². The third kappa shape index (κ3) is 2.75. The summed E-state index contributed by atoms with van der Waals surface area (Å²) < 4.78 is 5.64. The molecule has 1 aliphatic carbocycles. The van der Waals surface area contributed by atoms with Gasteiger partial charge in [-0.2, -0.15) is 15.0 Å². The first kappa shape index (κ1) is 11.9. The molecule has 1 aromatic rings. The molecular weight excluding hydrogens is 218 g/mol. The Balaban J connectivity index is 2.15. The predicted molar refractivity (Wildman–Crippen MR) is 66.1 cm³/mol. The molecule has 1 saturated carbocycles. The van der Waals surface area contributed by atoms with Gasteiger partial charge in [0.15, 0.2) is 0 Å². The maximum Gasteiger partial charge on any atom is 0.323 e. The Morgan fingerprint density at radius 3 is 2.47 bits per heavy atom. The first-order valence-electron chi connectivity index (χ1n) is 6.16. The van der Waals surface area contributed by atoms with Gasteiger partial charge >= 0.3 is 6.01 Å². The number of nitrogen functional groups attached to an aromatic ring is 1. The lowest BCUT2D eigenvalue weighted by Crippen LogP contribution is -2.28. The zero-order valence-corrected chi connectivity index (χ0v) is 10.4. The Kier molecular flexibility index (Phi) is 3.61. The van der Waals surface area contributed by atoms with Gasteiger partial charge in [-0.3, -0.25) is 0 Å². The topological polar surface area (TPSA) is 77.2 Å². The standard InChI is InChI=1S/C11H19N5O/c1-3-16(4-2)10-13-9(12)14-11(15-10)17-8-6-5-7-8/h8H,3-7H2,1-2H3,(H2,12,13,14,15). The van der Waals surface area contributed by atoms with Gasteiger partial charge in [0.05, 0.1) is 0 Å². The van der Waals surface area contributed by atoms with E-state index in [1.807, 2.05) is 4.90 Å². The molecule has 1 aromatic heterocycles. The predicted octanol–water partition coefficient (Wildman–Crippen LogP) is 1.23. The van der Waals surface area contributed by atoms with Gasteiger partial charge < -0.3 is 15.4 Å². The van der Waals surface area contributed by atoms with Crippen LogP contribution < -0.4 is 15.4 Å². The molecule has 6 heteroatoms. The van der Waals surface area contributed by atoms with Crippen LogP contribution in [0.4, 0.5) is 11.9 Å². The normalized spacial score (nSPS) is 15.4. The SMILES string of the molecule is CCN(CC)c1nc(N)nc(OC2CCC2)n1. The van der Waals surface area contributed by atoms with E-state index in [-0.39, 0.29) is 12.1 Å². The van der Waals surface area contributed by atoms with Gasteiger partial charge in [0.1, 0.15) is 6.10 Å². The van der Waals surface area contributed by atoms with E-state index in [1.165, 1.54) is 6.42 Å². The summed E-state index contributed by atoms with van der Waals surface area (Å²) in [5.74, 6) is 0.813. The molecule has 1 fully saturated rings. The number of nitrogens with zero attached hydrogens (tertiary/aromatic N) is 4. The maximum atomic E-state index is 5.67. The number of nitrogens with two attached hydrogens (primary N) is 1. The Morgan fingerprint density at radius 2 is 1.94 bits per heavy atom. The molecule has 94 valence electrons. The Morgan fingerprint density at radius 1 is 1.24 bits per heavy atom. The fraction of sp³-hybridized carbons (Fsp3) is 0.727. The third-order valence-corrected chi connectivity index (χ3v) is 2.99. The van der Waals surface area contributed by atoms with Crippen LogP contribution in [0, 0.1) is 0 Å². The van der Waals surface area contributed by atoms with Crippen molar-refractivity contribution >= 4 is 11.9 Å². The van der Waals surface area contributed by atoms with Crippen molar-refractivity contribution in [1.82, 2.24) is 15.0 Å². The molecule has 0 unspecified atom stereocenters. The van der Waals surface area contributed by atoms with Crippen LogP contribution in [0.5, 0.6) is 6.01 Å². The van der Waals surface area contributed by atoms with Gasteiger partial charge in [-0.25, -0.2) is 0 Å². The summed E-state index contributed by atoms with van der Waals surface area (Å²) in [7, 11) is 0. The van der Waals surface area contributed by atoms with Crippen LogP contribution in [0.2, 0.25) is 0 Å². The second-order valence-corrected chi connectivity index (χ2v) is 4.12. The number of ether oxygens (including phenoxy) is 1. The highest BCUT2D eigenvalue weighted by molar-refractivity contribution is 5.35. The third-order valence-electron chi connectivity index (χ3n) is 2.99. The van der Waals surface area contributed by atoms with Crippen molar-refractivity contribution in [3.05, 3.63) is 0 Å². The smallest absolute Gasteiger partial charge is 0.323 e. The minimum atomic E-state index is 0.219. The molecule has 0 saturated heterocycles. The highest BCUT2D eigenvalue weighted by atomic mass is 16.5. The highest BCUT2D eigenvalue weighted by Crippen LogP contribution is 2.24. The van der Waals surface area contributed by atoms with Gasteiger partial charge in [-0.05, 0) is 33.1 Å². The summed E-state index contributed by atoms with van der Waals surface area (Å²) in [5.41, 5.74) is 5.67. The average molecular weight is 237 g/mol. The Hall–Kier alpha value is -1.59. The minimum absolute atomic E-state index is 0.219. The van der Waals surface area contributed by atoms with Crippen molar-refractivity contribution in [3.63, 3.8) is 0 Å². The average Bonchev–Trinajstić information content (AvgIpc) is 2.25. The molecule has 0 aliphatic heterocycles. The number of rotatable bonds is 5. The fourth-order valence-electron chi connectivity index (χ4n) is 1.70. The second kappa shape index (κ2) is 5.16. The lowest BCUT2D eigenvalue weighted by atomic mass is 9.96. The number of hydrogen-bond acceptors (Lipinski definition) is 6. The maximum absolute atomic E-state index is 5.67. The molecule has 0 amide bonds. The van der Waals surface area contributed by atoms with E-state index >= 15 is 0 Å². The zero-order valence-electron chi connectivity index (χ0n) is 10.4. The van der Waals surface area contributed by atoms with Crippen LogP contribution in [0.3, 0.4) is 0 Å². The molecule has 0 radical (unpaired) electrons. The van der Waals surface area contributed by atoms with E-state index in [0.717, 1.165) is 25.9 Å². The minimum Gasteiger partial charge on any atom is -0.460 e. The number of hydrogen-bond donors (Lipinski definition) is 1. The van der Waals surface area contributed by atoms with E-state index in [1.54, 1.807) is 0 Å². The Bertz CT molecular complexity index is 376. The van der Waals surface area contributed by atoms with Crippen LogP contribution in [-0.4, -0.2) is 34.1 Å². The second-order valence-electron chi connectivity index (χ2n) is 4.12. The molecule has 1 aliphatic rings. The van der Waals surface area contributed by atoms with Gasteiger partial charge in [-0.1, -0.05) is 0 Å². The van der Waals surface area contributed by atoms with Crippen molar-refractivity contribution < 1.29 is 4.74 Å². The first-order valence-corrected chi connectivity index (χ1v) is 6.16. The summed E-state index contributed by atoms with van der Waals surface area (Å²) in [5, 5.41) is 0. The zero-order chi connectivity index (χ0) is 12.3. The van der Waals surface area contributed by atoms with E-state index in [0.29, 0.717) is 12.0 Å². The van der Waals surface area contributed by atoms with Crippen molar-refractivity contribution in [3.8, 4) is 6.01 Å². The van der Waals surface area contributed by atoms with Gasteiger partial charge in [0.2, 0.25) is 11.9 Å². The molecule has 1 heterocycles. The van der Waals surface area contributed by atoms with Crippen molar-refractivity contribution in [2.24, 2.45) is 0 Å². The largest absolute Gasteiger partial charge is 0.460 e. The van der Waals surface area contributed by atoms with Gasteiger partial charge in [-0.15, -0.1) is 0 Å². The van der Waals surface area contributed by atoms with E-state index < -0.39 is 0 Å². The van der Waals surface area contributed by atoms with Crippen molar-refractivity contribution in [2.75, 3.05) is 23.7 Å². The van der Waals surface area contributed by atoms with Crippen molar-refractivity contribution in [2.45, 2.75) is 39.2 Å². The Labute approximate surface area is 101 Å². The van der Waals surface area contributed by atoms with Crippen LogP contribution >= 0.6 is 0 Å².